The fourth-order valence-corrected chi connectivity index (χ4v) is 1.76. The van der Waals surface area contributed by atoms with Crippen molar-refractivity contribution in [3.05, 3.63) is 18.6 Å². The molecule has 16 heavy (non-hydrogen) atoms. The Morgan fingerprint density at radius 1 is 1.44 bits per heavy atom. The Kier molecular flexibility index (Phi) is 3.05. The van der Waals surface area contributed by atoms with Gasteiger partial charge in [0.1, 0.15) is 5.52 Å². The molecule has 0 bridgehead atoms. The van der Waals surface area contributed by atoms with E-state index in [9.17, 15) is 0 Å². The van der Waals surface area contributed by atoms with Gasteiger partial charge < -0.3 is 15.2 Å². The zero-order chi connectivity index (χ0) is 11.5. The molecule has 0 saturated heterocycles. The minimum Gasteiger partial charge on any atom is -0.358 e. The van der Waals surface area contributed by atoms with Crippen LogP contribution in [0, 0.1) is 0 Å². The molecule has 0 radical (unpaired) electrons. The summed E-state index contributed by atoms with van der Waals surface area (Å²) in [5.41, 5.74) is 7.55. The summed E-state index contributed by atoms with van der Waals surface area (Å²) in [6.07, 6.45) is 4.59. The second kappa shape index (κ2) is 4.49. The molecule has 0 saturated carbocycles. The van der Waals surface area contributed by atoms with Crippen LogP contribution in [0.25, 0.3) is 11.0 Å². The Morgan fingerprint density at radius 3 is 3.00 bits per heavy atom. The lowest BCUT2D eigenvalue weighted by molar-refractivity contribution is 0.789. The molecule has 2 aromatic heterocycles. The van der Waals surface area contributed by atoms with Gasteiger partial charge in [-0.05, 0) is 19.0 Å². The van der Waals surface area contributed by atoms with Gasteiger partial charge in [0, 0.05) is 26.8 Å². The van der Waals surface area contributed by atoms with E-state index in [1.807, 2.05) is 37.3 Å². The van der Waals surface area contributed by atoms with Crippen LogP contribution in [-0.2, 0) is 7.05 Å². The SMILES string of the molecule is CN(CCCN)c1nccc2c1ncn2C. The summed E-state index contributed by atoms with van der Waals surface area (Å²) in [5, 5.41) is 0. The summed E-state index contributed by atoms with van der Waals surface area (Å²) >= 11 is 0. The fourth-order valence-electron chi connectivity index (χ4n) is 1.76. The lowest BCUT2D eigenvalue weighted by Crippen LogP contribution is -2.22. The topological polar surface area (TPSA) is 60.0 Å². The van der Waals surface area contributed by atoms with Crippen molar-refractivity contribution in [1.82, 2.24) is 14.5 Å². The predicted octanol–water partition coefficient (Wildman–Crippen LogP) is 0.753. The molecule has 0 spiro atoms. The maximum atomic E-state index is 5.50. The lowest BCUT2D eigenvalue weighted by Gasteiger charge is -2.17. The first-order chi connectivity index (χ1) is 7.74. The molecular weight excluding hydrogens is 202 g/mol. The quantitative estimate of drug-likeness (QED) is 0.824. The molecule has 0 aliphatic heterocycles. The van der Waals surface area contributed by atoms with E-state index in [2.05, 4.69) is 14.9 Å². The monoisotopic (exact) mass is 219 g/mol. The van der Waals surface area contributed by atoms with Gasteiger partial charge in [0.2, 0.25) is 0 Å². The predicted molar refractivity (Wildman–Crippen MR) is 65.5 cm³/mol. The van der Waals surface area contributed by atoms with E-state index in [0.29, 0.717) is 6.54 Å². The zero-order valence-corrected chi connectivity index (χ0v) is 9.72. The third-order valence-corrected chi connectivity index (χ3v) is 2.68. The second-order valence-electron chi connectivity index (χ2n) is 3.92. The minimum atomic E-state index is 0.697. The van der Waals surface area contributed by atoms with E-state index < -0.39 is 0 Å². The largest absolute Gasteiger partial charge is 0.358 e. The summed E-state index contributed by atoms with van der Waals surface area (Å²) in [7, 11) is 4.01. The smallest absolute Gasteiger partial charge is 0.156 e. The maximum absolute atomic E-state index is 5.50. The van der Waals surface area contributed by atoms with E-state index in [0.717, 1.165) is 29.8 Å². The van der Waals surface area contributed by atoms with Crippen LogP contribution in [0.15, 0.2) is 18.6 Å². The van der Waals surface area contributed by atoms with Gasteiger partial charge in [0.15, 0.2) is 5.82 Å². The molecule has 0 aromatic carbocycles. The molecule has 2 N–H and O–H groups in total. The number of hydrogen-bond donors (Lipinski definition) is 1. The molecule has 2 aromatic rings. The average Bonchev–Trinajstić information content (AvgIpc) is 2.68. The van der Waals surface area contributed by atoms with E-state index >= 15 is 0 Å². The summed E-state index contributed by atoms with van der Waals surface area (Å²) in [4.78, 5) is 10.9. The van der Waals surface area contributed by atoms with E-state index in [4.69, 9.17) is 5.73 Å². The number of hydrogen-bond acceptors (Lipinski definition) is 4. The molecule has 86 valence electrons. The Labute approximate surface area is 94.9 Å². The van der Waals surface area contributed by atoms with Crippen LogP contribution in [0.2, 0.25) is 0 Å². The molecule has 0 atom stereocenters. The van der Waals surface area contributed by atoms with Crippen molar-refractivity contribution in [1.29, 1.82) is 0 Å². The summed E-state index contributed by atoms with van der Waals surface area (Å²) in [6.45, 7) is 1.60. The van der Waals surface area contributed by atoms with Gasteiger partial charge in [-0.1, -0.05) is 0 Å². The van der Waals surface area contributed by atoms with Crippen LogP contribution in [0.5, 0.6) is 0 Å². The van der Waals surface area contributed by atoms with Crippen LogP contribution < -0.4 is 10.6 Å². The lowest BCUT2D eigenvalue weighted by atomic mass is 10.3. The highest BCUT2D eigenvalue weighted by molar-refractivity contribution is 5.86. The number of imidazole rings is 1. The number of pyridine rings is 1. The third-order valence-electron chi connectivity index (χ3n) is 2.68. The van der Waals surface area contributed by atoms with Gasteiger partial charge in [-0.3, -0.25) is 0 Å². The van der Waals surface area contributed by atoms with Gasteiger partial charge in [-0.25, -0.2) is 9.97 Å². The number of nitrogens with two attached hydrogens (primary N) is 1. The summed E-state index contributed by atoms with van der Waals surface area (Å²) < 4.78 is 2.00. The van der Waals surface area contributed by atoms with Gasteiger partial charge in [-0.15, -0.1) is 0 Å². The summed E-state index contributed by atoms with van der Waals surface area (Å²) in [5.74, 6) is 0.923. The maximum Gasteiger partial charge on any atom is 0.156 e. The number of aryl methyl sites for hydroxylation is 1. The average molecular weight is 219 g/mol. The molecule has 0 amide bonds. The molecule has 0 aliphatic rings. The molecule has 0 fully saturated rings. The number of aromatic nitrogens is 3. The standard InChI is InChI=1S/C11H17N5/c1-15(7-3-5-12)11-10-9(4-6-13-11)16(2)8-14-10/h4,6,8H,3,5,7,12H2,1-2H3. The Bertz CT molecular complexity index is 476. The number of anilines is 1. The van der Waals surface area contributed by atoms with Crippen LogP contribution in [0.1, 0.15) is 6.42 Å². The molecule has 5 heteroatoms. The molecule has 5 nitrogen and oxygen atoms in total. The Morgan fingerprint density at radius 2 is 2.25 bits per heavy atom. The fraction of sp³-hybridized carbons (Fsp3) is 0.455. The zero-order valence-electron chi connectivity index (χ0n) is 9.72. The Hall–Kier alpha value is -1.62. The second-order valence-corrected chi connectivity index (χ2v) is 3.92. The molecule has 0 aliphatic carbocycles. The van der Waals surface area contributed by atoms with Crippen LogP contribution in [-0.4, -0.2) is 34.7 Å². The van der Waals surface area contributed by atoms with Crippen molar-refractivity contribution in [3.8, 4) is 0 Å². The first-order valence-electron chi connectivity index (χ1n) is 5.41. The minimum absolute atomic E-state index is 0.697. The van der Waals surface area contributed by atoms with Crippen LogP contribution in [0.4, 0.5) is 5.82 Å². The molecular formula is C11H17N5. The first-order valence-corrected chi connectivity index (χ1v) is 5.41. The summed E-state index contributed by atoms with van der Waals surface area (Å²) in [6, 6.07) is 1.97. The molecule has 2 rings (SSSR count). The van der Waals surface area contributed by atoms with Crippen molar-refractivity contribution in [2.75, 3.05) is 25.0 Å². The Balaban J connectivity index is 2.36. The number of rotatable bonds is 4. The third kappa shape index (κ3) is 1.86. The highest BCUT2D eigenvalue weighted by Gasteiger charge is 2.10. The number of nitrogens with zero attached hydrogens (tertiary/aromatic N) is 4. The van der Waals surface area contributed by atoms with Crippen molar-refractivity contribution >= 4 is 16.9 Å². The van der Waals surface area contributed by atoms with Crippen molar-refractivity contribution in [2.45, 2.75) is 6.42 Å². The molecule has 0 unspecified atom stereocenters. The van der Waals surface area contributed by atoms with Gasteiger partial charge in [0.05, 0.1) is 11.8 Å². The first kappa shape index (κ1) is 10.9. The highest BCUT2D eigenvalue weighted by atomic mass is 15.2. The highest BCUT2D eigenvalue weighted by Crippen LogP contribution is 2.21. The van der Waals surface area contributed by atoms with E-state index in [1.165, 1.54) is 0 Å². The van der Waals surface area contributed by atoms with E-state index in [1.54, 1.807) is 0 Å². The van der Waals surface area contributed by atoms with Crippen molar-refractivity contribution in [2.24, 2.45) is 12.8 Å². The van der Waals surface area contributed by atoms with Crippen LogP contribution >= 0.6 is 0 Å². The van der Waals surface area contributed by atoms with Gasteiger partial charge >= 0.3 is 0 Å². The molecule has 2 heterocycles. The van der Waals surface area contributed by atoms with Crippen molar-refractivity contribution in [3.63, 3.8) is 0 Å². The number of fused-ring (bicyclic) bond motifs is 1. The van der Waals surface area contributed by atoms with Gasteiger partial charge in [0.25, 0.3) is 0 Å². The van der Waals surface area contributed by atoms with E-state index in [-0.39, 0.29) is 0 Å². The normalized spacial score (nSPS) is 10.9. The van der Waals surface area contributed by atoms with Gasteiger partial charge in [-0.2, -0.15) is 0 Å². The van der Waals surface area contributed by atoms with Crippen molar-refractivity contribution < 1.29 is 0 Å². The van der Waals surface area contributed by atoms with Crippen LogP contribution in [0.3, 0.4) is 0 Å².